The number of anilines is 1. The molecule has 1 saturated heterocycles. The lowest BCUT2D eigenvalue weighted by atomic mass is 10.0. The molecule has 35 heavy (non-hydrogen) atoms. The Morgan fingerprint density at radius 1 is 1.23 bits per heavy atom. The van der Waals surface area contributed by atoms with Gasteiger partial charge in [0.25, 0.3) is 0 Å². The van der Waals surface area contributed by atoms with Crippen LogP contribution in [0.25, 0.3) is 0 Å². The highest BCUT2D eigenvalue weighted by Crippen LogP contribution is 2.39. The average molecular weight is 497 g/mol. The van der Waals surface area contributed by atoms with Crippen LogP contribution >= 0.6 is 11.8 Å². The van der Waals surface area contributed by atoms with Crippen LogP contribution in [0.5, 0.6) is 0 Å². The van der Waals surface area contributed by atoms with Gasteiger partial charge in [-0.1, -0.05) is 60.8 Å². The van der Waals surface area contributed by atoms with Crippen molar-refractivity contribution in [1.29, 1.82) is 0 Å². The molecule has 1 amide bonds. The third-order valence-corrected chi connectivity index (χ3v) is 6.61. The lowest BCUT2D eigenvalue weighted by Gasteiger charge is -2.36. The van der Waals surface area contributed by atoms with Crippen LogP contribution in [-0.4, -0.2) is 44.4 Å². The molecule has 0 spiro atoms. The molecule has 1 aliphatic heterocycles. The van der Waals surface area contributed by atoms with E-state index in [-0.39, 0.29) is 25.4 Å². The van der Waals surface area contributed by atoms with E-state index in [1.54, 1.807) is 30.2 Å². The van der Waals surface area contributed by atoms with Crippen molar-refractivity contribution in [1.82, 2.24) is 14.8 Å². The van der Waals surface area contributed by atoms with Crippen LogP contribution in [0.3, 0.4) is 0 Å². The fraction of sp³-hybridized carbons (Fsp3) is 0.320. The molecule has 3 aromatic rings. The number of amides is 1. The van der Waals surface area contributed by atoms with Gasteiger partial charge in [-0.25, -0.2) is 4.79 Å². The molecule has 3 atom stereocenters. The van der Waals surface area contributed by atoms with Crippen molar-refractivity contribution >= 4 is 23.5 Å². The minimum Gasteiger partial charge on any atom is -0.445 e. The number of aryl methyl sites for hydroxylation is 1. The second-order valence-electron chi connectivity index (χ2n) is 8.02. The van der Waals surface area contributed by atoms with Gasteiger partial charge in [0.1, 0.15) is 12.9 Å². The Morgan fingerprint density at radius 3 is 2.63 bits per heavy atom. The maximum atomic E-state index is 11.8. The van der Waals surface area contributed by atoms with Gasteiger partial charge in [-0.05, 0) is 23.3 Å². The van der Waals surface area contributed by atoms with Gasteiger partial charge in [0, 0.05) is 30.5 Å². The Labute approximate surface area is 208 Å². The summed E-state index contributed by atoms with van der Waals surface area (Å²) >= 11 is 1.58. The summed E-state index contributed by atoms with van der Waals surface area (Å²) in [5.74, 6) is 0.687. The zero-order valence-electron chi connectivity index (χ0n) is 19.4. The molecule has 1 aromatic heterocycles. The summed E-state index contributed by atoms with van der Waals surface area (Å²) in [6.07, 6.45) is 2.45. The van der Waals surface area contributed by atoms with Crippen LogP contribution in [0.2, 0.25) is 0 Å². The van der Waals surface area contributed by atoms with Crippen molar-refractivity contribution in [3.8, 4) is 0 Å². The van der Waals surface area contributed by atoms with Gasteiger partial charge >= 0.3 is 6.09 Å². The largest absolute Gasteiger partial charge is 0.445 e. The number of nitrogens with one attached hydrogen (secondary N) is 1. The second-order valence-corrected chi connectivity index (χ2v) is 9.01. The SMILES string of the molecule is C=CCOC(=O)Nc1ccc(C2OC(CSc3nncn3C)CC(c3ccc(CO)cc3)O2)cc1. The van der Waals surface area contributed by atoms with Crippen LogP contribution in [0, 0.1) is 0 Å². The van der Waals surface area contributed by atoms with E-state index in [0.29, 0.717) is 17.9 Å². The van der Waals surface area contributed by atoms with Crippen LogP contribution < -0.4 is 5.32 Å². The zero-order chi connectivity index (χ0) is 24.6. The van der Waals surface area contributed by atoms with E-state index < -0.39 is 12.4 Å². The topological polar surface area (TPSA) is 108 Å². The zero-order valence-corrected chi connectivity index (χ0v) is 20.2. The molecule has 2 heterocycles. The van der Waals surface area contributed by atoms with Crippen molar-refractivity contribution in [2.75, 3.05) is 17.7 Å². The van der Waals surface area contributed by atoms with Crippen LogP contribution in [-0.2, 0) is 27.9 Å². The summed E-state index contributed by atoms with van der Waals surface area (Å²) in [7, 11) is 1.91. The van der Waals surface area contributed by atoms with Gasteiger partial charge in [0.05, 0.1) is 18.8 Å². The van der Waals surface area contributed by atoms with E-state index >= 15 is 0 Å². The van der Waals surface area contributed by atoms with Gasteiger partial charge in [-0.2, -0.15) is 0 Å². The van der Waals surface area contributed by atoms with Crippen LogP contribution in [0.4, 0.5) is 10.5 Å². The number of carbonyl (C=O) groups is 1. The third kappa shape index (κ3) is 6.70. The van der Waals surface area contributed by atoms with E-state index in [1.807, 2.05) is 48.0 Å². The molecule has 0 saturated carbocycles. The molecule has 1 fully saturated rings. The summed E-state index contributed by atoms with van der Waals surface area (Å²) in [5, 5.41) is 20.9. The van der Waals surface area contributed by atoms with Gasteiger partial charge < -0.3 is 23.9 Å². The second kappa shape index (κ2) is 12.0. The summed E-state index contributed by atoms with van der Waals surface area (Å²) in [4.78, 5) is 11.8. The predicted octanol–water partition coefficient (Wildman–Crippen LogP) is 4.38. The fourth-order valence-electron chi connectivity index (χ4n) is 3.61. The number of nitrogens with zero attached hydrogens (tertiary/aromatic N) is 3. The van der Waals surface area contributed by atoms with Gasteiger partial charge in [-0.3, -0.25) is 5.32 Å². The molecule has 0 bridgehead atoms. The molecular formula is C25H28N4O5S. The molecule has 4 rings (SSSR count). The number of aromatic nitrogens is 3. The van der Waals surface area contributed by atoms with Crippen molar-refractivity contribution in [2.45, 2.75) is 36.7 Å². The number of thioether (sulfide) groups is 1. The number of carbonyl (C=O) groups excluding carboxylic acids is 1. The maximum Gasteiger partial charge on any atom is 0.411 e. The molecule has 0 aliphatic carbocycles. The summed E-state index contributed by atoms with van der Waals surface area (Å²) < 4.78 is 19.5. The average Bonchev–Trinajstić information content (AvgIpc) is 3.31. The highest BCUT2D eigenvalue weighted by Gasteiger charge is 2.32. The normalized spacial score (nSPS) is 19.8. The minimum absolute atomic E-state index is 0.00395. The van der Waals surface area contributed by atoms with E-state index in [9.17, 15) is 9.90 Å². The van der Waals surface area contributed by atoms with E-state index in [1.165, 1.54) is 6.08 Å². The first kappa shape index (κ1) is 24.9. The monoisotopic (exact) mass is 496 g/mol. The summed E-state index contributed by atoms with van der Waals surface area (Å²) in [5.41, 5.74) is 3.30. The Morgan fingerprint density at radius 2 is 1.97 bits per heavy atom. The first-order chi connectivity index (χ1) is 17.1. The maximum absolute atomic E-state index is 11.8. The number of ether oxygens (including phenoxy) is 3. The number of aliphatic hydroxyl groups is 1. The quantitative estimate of drug-likeness (QED) is 0.332. The standard InChI is InChI=1S/C25H28N4O5S/c1-3-12-32-25(31)27-20-10-8-19(9-11-20)23-33-21(15-35-24-28-26-16-29(24)2)13-22(34-23)18-6-4-17(14-30)5-7-18/h3-11,16,21-23,30H,1,12-15H2,2H3,(H,27,31). The van der Waals surface area contributed by atoms with Gasteiger partial charge in [0.2, 0.25) is 0 Å². The molecule has 184 valence electrons. The van der Waals surface area contributed by atoms with Crippen molar-refractivity contribution < 1.29 is 24.1 Å². The molecule has 3 unspecified atom stereocenters. The highest BCUT2D eigenvalue weighted by atomic mass is 32.2. The summed E-state index contributed by atoms with van der Waals surface area (Å²) in [6, 6.07) is 15.0. The number of aliphatic hydroxyl groups excluding tert-OH is 1. The van der Waals surface area contributed by atoms with Gasteiger partial charge in [0.15, 0.2) is 11.4 Å². The van der Waals surface area contributed by atoms with Crippen molar-refractivity contribution in [2.24, 2.45) is 7.05 Å². The molecule has 2 N–H and O–H groups in total. The number of benzene rings is 2. The van der Waals surface area contributed by atoms with Crippen LogP contribution in [0.1, 0.15) is 35.5 Å². The Bertz CT molecular complexity index is 1120. The van der Waals surface area contributed by atoms with Gasteiger partial charge in [-0.15, -0.1) is 10.2 Å². The molecule has 10 heteroatoms. The lowest BCUT2D eigenvalue weighted by molar-refractivity contribution is -0.245. The fourth-order valence-corrected chi connectivity index (χ4v) is 4.51. The summed E-state index contributed by atoms with van der Waals surface area (Å²) in [6.45, 7) is 3.66. The number of hydrogen-bond acceptors (Lipinski definition) is 8. The van der Waals surface area contributed by atoms with E-state index in [0.717, 1.165) is 21.8 Å². The minimum atomic E-state index is -0.585. The first-order valence-corrected chi connectivity index (χ1v) is 12.2. The lowest BCUT2D eigenvalue weighted by Crippen LogP contribution is -2.31. The predicted molar refractivity (Wildman–Crippen MR) is 132 cm³/mol. The molecule has 0 radical (unpaired) electrons. The Kier molecular flexibility index (Phi) is 8.54. The third-order valence-electron chi connectivity index (χ3n) is 5.44. The number of hydrogen-bond donors (Lipinski definition) is 2. The van der Waals surface area contributed by atoms with E-state index in [2.05, 4.69) is 22.1 Å². The smallest absolute Gasteiger partial charge is 0.411 e. The molecule has 1 aliphatic rings. The molecule has 9 nitrogen and oxygen atoms in total. The first-order valence-electron chi connectivity index (χ1n) is 11.2. The Hall–Kier alpha value is -3.18. The molecule has 2 aromatic carbocycles. The van der Waals surface area contributed by atoms with Crippen molar-refractivity contribution in [3.63, 3.8) is 0 Å². The van der Waals surface area contributed by atoms with E-state index in [4.69, 9.17) is 14.2 Å². The number of rotatable bonds is 9. The van der Waals surface area contributed by atoms with Crippen molar-refractivity contribution in [3.05, 3.63) is 84.2 Å². The van der Waals surface area contributed by atoms with Crippen LogP contribution in [0.15, 0.2) is 72.7 Å². The molecular weight excluding hydrogens is 468 g/mol. The Balaban J connectivity index is 1.48. The highest BCUT2D eigenvalue weighted by molar-refractivity contribution is 7.99.